The molecule has 0 aromatic heterocycles. The van der Waals surface area contributed by atoms with Gasteiger partial charge in [0, 0.05) is 12.1 Å². The van der Waals surface area contributed by atoms with Gasteiger partial charge in [0.15, 0.2) is 6.61 Å². The number of rotatable bonds is 9. The van der Waals surface area contributed by atoms with Crippen molar-refractivity contribution in [2.45, 2.75) is 45.8 Å². The Morgan fingerprint density at radius 2 is 1.58 bits per heavy atom. The maximum absolute atomic E-state index is 13.1. The van der Waals surface area contributed by atoms with Crippen molar-refractivity contribution in [1.82, 2.24) is 10.2 Å². The van der Waals surface area contributed by atoms with Crippen molar-refractivity contribution < 1.29 is 23.8 Å². The van der Waals surface area contributed by atoms with Crippen molar-refractivity contribution in [3.63, 3.8) is 0 Å². The topological polar surface area (TPSA) is 77.1 Å². The van der Waals surface area contributed by atoms with Crippen LogP contribution in [0.25, 0.3) is 0 Å². The average molecular weight is 429 g/mol. The van der Waals surface area contributed by atoms with E-state index in [0.717, 1.165) is 5.56 Å². The lowest BCUT2D eigenvalue weighted by Gasteiger charge is -2.31. The Hall–Kier alpha value is -3.22. The zero-order valence-corrected chi connectivity index (χ0v) is 19.1. The van der Waals surface area contributed by atoms with Gasteiger partial charge >= 0.3 is 0 Å². The molecule has 0 heterocycles. The smallest absolute Gasteiger partial charge is 0.261 e. The summed E-state index contributed by atoms with van der Waals surface area (Å²) in [6.45, 7) is 7.48. The molecule has 31 heavy (non-hydrogen) atoms. The van der Waals surface area contributed by atoms with Crippen LogP contribution in [0, 0.1) is 0 Å². The quantitative estimate of drug-likeness (QED) is 0.662. The maximum atomic E-state index is 13.1. The van der Waals surface area contributed by atoms with Gasteiger partial charge in [0.1, 0.15) is 23.3 Å². The first-order valence-corrected chi connectivity index (χ1v) is 10.1. The third kappa shape index (κ3) is 7.51. The molecule has 7 heteroatoms. The molecule has 2 aromatic rings. The molecule has 2 amide bonds. The number of methoxy groups -OCH3 is 2. The van der Waals surface area contributed by atoms with E-state index in [2.05, 4.69) is 5.32 Å². The fraction of sp³-hybridized carbons (Fsp3) is 0.417. The van der Waals surface area contributed by atoms with E-state index in [-0.39, 0.29) is 25.0 Å². The molecule has 2 aromatic carbocycles. The van der Waals surface area contributed by atoms with Gasteiger partial charge in [-0.15, -0.1) is 0 Å². The molecule has 0 saturated heterocycles. The van der Waals surface area contributed by atoms with Crippen molar-refractivity contribution in [3.05, 3.63) is 54.1 Å². The fourth-order valence-electron chi connectivity index (χ4n) is 2.92. The Kier molecular flexibility index (Phi) is 8.30. The van der Waals surface area contributed by atoms with Gasteiger partial charge in [0.05, 0.1) is 14.2 Å². The largest absolute Gasteiger partial charge is 0.497 e. The first-order chi connectivity index (χ1) is 14.6. The molecule has 0 spiro atoms. The minimum Gasteiger partial charge on any atom is -0.497 e. The minimum absolute atomic E-state index is 0.191. The predicted molar refractivity (Wildman–Crippen MR) is 119 cm³/mol. The van der Waals surface area contributed by atoms with Crippen molar-refractivity contribution in [2.24, 2.45) is 0 Å². The van der Waals surface area contributed by atoms with Gasteiger partial charge in [-0.1, -0.05) is 12.1 Å². The summed E-state index contributed by atoms with van der Waals surface area (Å²) in [5.74, 6) is 1.41. The highest BCUT2D eigenvalue weighted by atomic mass is 16.5. The summed E-state index contributed by atoms with van der Waals surface area (Å²) in [7, 11) is 3.17. The summed E-state index contributed by atoms with van der Waals surface area (Å²) in [6, 6.07) is 13.7. The second kappa shape index (κ2) is 10.7. The number of benzene rings is 2. The molecule has 0 saturated carbocycles. The van der Waals surface area contributed by atoms with Gasteiger partial charge in [0.2, 0.25) is 5.91 Å². The number of nitrogens with one attached hydrogen (secondary N) is 1. The number of nitrogens with zero attached hydrogens (tertiary/aromatic N) is 1. The average Bonchev–Trinajstić information content (AvgIpc) is 2.74. The van der Waals surface area contributed by atoms with E-state index < -0.39 is 11.6 Å². The number of hydrogen-bond donors (Lipinski definition) is 1. The number of ether oxygens (including phenoxy) is 3. The van der Waals surface area contributed by atoms with Gasteiger partial charge < -0.3 is 24.4 Å². The molecule has 168 valence electrons. The Balaban J connectivity index is 2.17. The molecular weight excluding hydrogens is 396 g/mol. The van der Waals surface area contributed by atoms with Crippen LogP contribution in [0.4, 0.5) is 0 Å². The molecule has 0 radical (unpaired) electrons. The van der Waals surface area contributed by atoms with Crippen molar-refractivity contribution in [3.8, 4) is 17.2 Å². The van der Waals surface area contributed by atoms with Crippen molar-refractivity contribution >= 4 is 11.8 Å². The lowest BCUT2D eigenvalue weighted by Crippen LogP contribution is -2.53. The zero-order valence-electron chi connectivity index (χ0n) is 19.1. The lowest BCUT2D eigenvalue weighted by molar-refractivity contribution is -0.142. The predicted octanol–water partition coefficient (Wildman–Crippen LogP) is 3.41. The zero-order chi connectivity index (χ0) is 23.0. The van der Waals surface area contributed by atoms with Crippen LogP contribution in [-0.4, -0.2) is 49.1 Å². The van der Waals surface area contributed by atoms with Gasteiger partial charge in [-0.05, 0) is 69.7 Å². The Labute approximate surface area is 184 Å². The minimum atomic E-state index is -0.683. The van der Waals surface area contributed by atoms with Gasteiger partial charge in [-0.3, -0.25) is 9.59 Å². The van der Waals surface area contributed by atoms with Crippen molar-refractivity contribution in [1.29, 1.82) is 0 Å². The fourth-order valence-corrected chi connectivity index (χ4v) is 2.92. The van der Waals surface area contributed by atoms with Crippen LogP contribution in [0.15, 0.2) is 48.5 Å². The summed E-state index contributed by atoms with van der Waals surface area (Å²) < 4.78 is 16.1. The second-order valence-corrected chi connectivity index (χ2v) is 8.25. The van der Waals surface area contributed by atoms with Crippen LogP contribution in [0.1, 0.15) is 33.3 Å². The molecule has 0 aliphatic rings. The maximum Gasteiger partial charge on any atom is 0.261 e. The molecule has 0 fully saturated rings. The SMILES string of the molecule is COc1ccc(OCC(=O)N(Cc2cccc(OC)c2)C(C)C(=O)NC(C)(C)C)cc1. The molecule has 1 unspecified atom stereocenters. The van der Waals surface area contributed by atoms with E-state index in [1.165, 1.54) is 4.90 Å². The van der Waals surface area contributed by atoms with E-state index in [9.17, 15) is 9.59 Å². The van der Waals surface area contributed by atoms with Crippen LogP contribution >= 0.6 is 0 Å². The highest BCUT2D eigenvalue weighted by molar-refractivity contribution is 5.88. The standard InChI is InChI=1S/C24H32N2O5/c1-17(23(28)25-24(2,3)4)26(15-18-8-7-9-21(14-18)30-6)22(27)16-31-20-12-10-19(29-5)11-13-20/h7-14,17H,15-16H2,1-6H3,(H,25,28). The molecule has 0 bridgehead atoms. The number of amides is 2. The third-order valence-corrected chi connectivity index (χ3v) is 4.57. The van der Waals surface area contributed by atoms with Crippen LogP contribution in [0.2, 0.25) is 0 Å². The van der Waals surface area contributed by atoms with Crippen molar-refractivity contribution in [2.75, 3.05) is 20.8 Å². The number of carbonyl (C=O) groups excluding carboxylic acids is 2. The van der Waals surface area contributed by atoms with Gasteiger partial charge in [-0.25, -0.2) is 0 Å². The van der Waals surface area contributed by atoms with Crippen LogP contribution in [0.5, 0.6) is 17.2 Å². The first-order valence-electron chi connectivity index (χ1n) is 10.1. The van der Waals surface area contributed by atoms with Gasteiger partial charge in [0.25, 0.3) is 5.91 Å². The second-order valence-electron chi connectivity index (χ2n) is 8.25. The Bertz CT molecular complexity index is 874. The Morgan fingerprint density at radius 3 is 2.16 bits per heavy atom. The summed E-state index contributed by atoms with van der Waals surface area (Å²) in [5.41, 5.74) is 0.447. The van der Waals surface area contributed by atoms with E-state index >= 15 is 0 Å². The first kappa shape index (κ1) is 24.1. The summed E-state index contributed by atoms with van der Waals surface area (Å²) in [6.07, 6.45) is 0. The van der Waals surface area contributed by atoms with Crippen LogP contribution in [0.3, 0.4) is 0 Å². The molecule has 2 rings (SSSR count). The summed E-state index contributed by atoms with van der Waals surface area (Å²) >= 11 is 0. The summed E-state index contributed by atoms with van der Waals surface area (Å²) in [4.78, 5) is 27.4. The molecule has 0 aliphatic carbocycles. The molecule has 1 N–H and O–H groups in total. The normalized spacial score (nSPS) is 11.9. The molecular formula is C24H32N2O5. The van der Waals surface area contributed by atoms with Crippen LogP contribution in [-0.2, 0) is 16.1 Å². The third-order valence-electron chi connectivity index (χ3n) is 4.57. The molecule has 7 nitrogen and oxygen atoms in total. The van der Waals surface area contributed by atoms with Crippen LogP contribution < -0.4 is 19.5 Å². The van der Waals surface area contributed by atoms with E-state index in [1.54, 1.807) is 45.4 Å². The Morgan fingerprint density at radius 1 is 0.968 bits per heavy atom. The van der Waals surface area contributed by atoms with E-state index in [4.69, 9.17) is 14.2 Å². The molecule has 1 atom stereocenters. The molecule has 0 aliphatic heterocycles. The lowest BCUT2D eigenvalue weighted by atomic mass is 10.1. The highest BCUT2D eigenvalue weighted by Gasteiger charge is 2.28. The van der Waals surface area contributed by atoms with E-state index in [1.807, 2.05) is 45.0 Å². The monoisotopic (exact) mass is 428 g/mol. The number of carbonyl (C=O) groups is 2. The number of hydrogen-bond acceptors (Lipinski definition) is 5. The highest BCUT2D eigenvalue weighted by Crippen LogP contribution is 2.19. The van der Waals surface area contributed by atoms with Gasteiger partial charge in [-0.2, -0.15) is 0 Å². The van der Waals surface area contributed by atoms with E-state index in [0.29, 0.717) is 17.2 Å². The summed E-state index contributed by atoms with van der Waals surface area (Å²) in [5, 5.41) is 2.94.